The maximum atomic E-state index is 12.7. The van der Waals surface area contributed by atoms with Gasteiger partial charge in [0.1, 0.15) is 22.7 Å². The lowest BCUT2D eigenvalue weighted by Gasteiger charge is -2.09. The SMILES string of the molecule is COc1cc([N+](=O)[O-])cc(/C=C(/C#N)C(=O)Nc2sc3c(c2C#N)CCCC3)c1O. The molecule has 1 aliphatic carbocycles. The van der Waals surface area contributed by atoms with Gasteiger partial charge >= 0.3 is 0 Å². The number of nitrogens with one attached hydrogen (secondary N) is 1. The van der Waals surface area contributed by atoms with E-state index in [1.807, 2.05) is 0 Å². The number of nitrogens with zero attached hydrogens (tertiary/aromatic N) is 3. The topological polar surface area (TPSA) is 149 Å². The van der Waals surface area contributed by atoms with Crippen LogP contribution in [0.2, 0.25) is 0 Å². The standard InChI is InChI=1S/C20H16N4O5S/c1-29-16-8-13(24(27)28)7-11(18(16)25)6-12(9-21)19(26)23-20-15(10-22)14-4-2-3-5-17(14)30-20/h6-8,25H,2-5H2,1H3,(H,23,26)/b12-6-. The van der Waals surface area contributed by atoms with E-state index in [9.17, 15) is 30.5 Å². The number of nitro groups is 1. The number of nitriles is 2. The number of amides is 1. The van der Waals surface area contributed by atoms with E-state index in [0.717, 1.165) is 54.3 Å². The first-order chi connectivity index (χ1) is 14.4. The van der Waals surface area contributed by atoms with E-state index in [1.165, 1.54) is 18.4 Å². The fourth-order valence-electron chi connectivity index (χ4n) is 3.23. The molecular weight excluding hydrogens is 408 g/mol. The number of rotatable bonds is 5. The molecular formula is C20H16N4O5S. The third-order valence-electron chi connectivity index (χ3n) is 4.70. The number of aryl methyl sites for hydroxylation is 1. The number of methoxy groups -OCH3 is 1. The largest absolute Gasteiger partial charge is 0.504 e. The zero-order chi connectivity index (χ0) is 21.8. The summed E-state index contributed by atoms with van der Waals surface area (Å²) in [6.45, 7) is 0. The molecule has 0 saturated heterocycles. The summed E-state index contributed by atoms with van der Waals surface area (Å²) in [5.74, 6) is -1.38. The number of phenols is 1. The Balaban J connectivity index is 1.97. The summed E-state index contributed by atoms with van der Waals surface area (Å²) in [7, 11) is 1.23. The van der Waals surface area contributed by atoms with Crippen LogP contribution < -0.4 is 10.1 Å². The molecule has 0 spiro atoms. The number of phenolic OH excluding ortho intramolecular Hbond substituents is 1. The Morgan fingerprint density at radius 2 is 2.10 bits per heavy atom. The van der Waals surface area contributed by atoms with Crippen molar-refractivity contribution in [1.29, 1.82) is 10.5 Å². The molecule has 1 heterocycles. The van der Waals surface area contributed by atoms with Gasteiger partial charge in [0.05, 0.1) is 23.7 Å². The molecule has 0 radical (unpaired) electrons. The third kappa shape index (κ3) is 3.95. The number of thiophene rings is 1. The summed E-state index contributed by atoms with van der Waals surface area (Å²) in [4.78, 5) is 24.1. The normalized spacial score (nSPS) is 13.0. The second kappa shape index (κ2) is 8.64. The molecule has 0 aliphatic heterocycles. The minimum atomic E-state index is -0.780. The van der Waals surface area contributed by atoms with Gasteiger partial charge in [-0.15, -0.1) is 11.3 Å². The zero-order valence-electron chi connectivity index (χ0n) is 15.9. The highest BCUT2D eigenvalue weighted by Gasteiger charge is 2.23. The second-order valence-corrected chi connectivity index (χ2v) is 7.60. The Morgan fingerprint density at radius 3 is 2.73 bits per heavy atom. The summed E-state index contributed by atoms with van der Waals surface area (Å²) < 4.78 is 4.92. The van der Waals surface area contributed by atoms with Crippen molar-refractivity contribution in [3.8, 4) is 23.6 Å². The maximum Gasteiger partial charge on any atom is 0.274 e. The Labute approximate surface area is 175 Å². The summed E-state index contributed by atoms with van der Waals surface area (Å²) in [6, 6.07) is 5.92. The first-order valence-electron chi connectivity index (χ1n) is 8.92. The molecule has 3 rings (SSSR count). The van der Waals surface area contributed by atoms with Gasteiger partial charge in [-0.25, -0.2) is 0 Å². The van der Waals surface area contributed by atoms with Gasteiger partial charge in [0, 0.05) is 16.5 Å². The van der Waals surface area contributed by atoms with Crippen molar-refractivity contribution in [2.24, 2.45) is 0 Å². The van der Waals surface area contributed by atoms with E-state index >= 15 is 0 Å². The first kappa shape index (κ1) is 20.8. The highest BCUT2D eigenvalue weighted by molar-refractivity contribution is 7.16. The summed E-state index contributed by atoms with van der Waals surface area (Å²) in [5.41, 5.74) is 0.473. The van der Waals surface area contributed by atoms with E-state index in [-0.39, 0.29) is 22.6 Å². The van der Waals surface area contributed by atoms with E-state index in [4.69, 9.17) is 4.74 Å². The molecule has 10 heteroatoms. The maximum absolute atomic E-state index is 12.7. The van der Waals surface area contributed by atoms with Crippen molar-refractivity contribution < 1.29 is 19.6 Å². The van der Waals surface area contributed by atoms with Gasteiger partial charge in [-0.1, -0.05) is 0 Å². The van der Waals surface area contributed by atoms with Gasteiger partial charge < -0.3 is 15.2 Å². The van der Waals surface area contributed by atoms with Gasteiger partial charge in [-0.3, -0.25) is 14.9 Å². The first-order valence-corrected chi connectivity index (χ1v) is 9.74. The molecule has 152 valence electrons. The molecule has 0 fully saturated rings. The lowest BCUT2D eigenvalue weighted by Crippen LogP contribution is -2.13. The van der Waals surface area contributed by atoms with Crippen molar-refractivity contribution in [3.63, 3.8) is 0 Å². The van der Waals surface area contributed by atoms with Crippen LogP contribution in [0, 0.1) is 32.8 Å². The van der Waals surface area contributed by atoms with Crippen LogP contribution in [0.5, 0.6) is 11.5 Å². The van der Waals surface area contributed by atoms with E-state index in [2.05, 4.69) is 11.4 Å². The monoisotopic (exact) mass is 424 g/mol. The molecule has 30 heavy (non-hydrogen) atoms. The van der Waals surface area contributed by atoms with Crippen molar-refractivity contribution in [3.05, 3.63) is 49.4 Å². The van der Waals surface area contributed by atoms with Crippen LogP contribution in [0.1, 0.15) is 34.4 Å². The lowest BCUT2D eigenvalue weighted by molar-refractivity contribution is -0.385. The molecule has 2 N–H and O–H groups in total. The zero-order valence-corrected chi connectivity index (χ0v) is 16.7. The number of fused-ring (bicyclic) bond motifs is 1. The number of aromatic hydroxyl groups is 1. The van der Waals surface area contributed by atoms with Crippen LogP contribution in [0.25, 0.3) is 6.08 Å². The van der Waals surface area contributed by atoms with Crippen LogP contribution >= 0.6 is 11.3 Å². The molecule has 1 aromatic heterocycles. The number of hydrogen-bond donors (Lipinski definition) is 2. The van der Waals surface area contributed by atoms with Crippen molar-refractivity contribution >= 4 is 34.0 Å². The molecule has 0 saturated carbocycles. The number of carbonyl (C=O) groups excluding carboxylic acids is 1. The number of hydrogen-bond acceptors (Lipinski definition) is 8. The number of carbonyl (C=O) groups is 1. The Morgan fingerprint density at radius 1 is 1.37 bits per heavy atom. The van der Waals surface area contributed by atoms with Gasteiger partial charge in [0.15, 0.2) is 11.5 Å². The quantitative estimate of drug-likeness (QED) is 0.322. The number of non-ortho nitro benzene ring substituents is 1. The van der Waals surface area contributed by atoms with Crippen LogP contribution in [0.4, 0.5) is 10.7 Å². The Bertz CT molecular complexity index is 1150. The van der Waals surface area contributed by atoms with Gasteiger partial charge in [0.25, 0.3) is 11.6 Å². The highest BCUT2D eigenvalue weighted by atomic mass is 32.1. The Kier molecular flexibility index (Phi) is 6.00. The van der Waals surface area contributed by atoms with Gasteiger partial charge in [-0.2, -0.15) is 10.5 Å². The number of ether oxygens (including phenoxy) is 1. The molecule has 2 aromatic rings. The molecule has 1 amide bonds. The Hall–Kier alpha value is -3.89. The van der Waals surface area contributed by atoms with Crippen molar-refractivity contribution in [1.82, 2.24) is 0 Å². The predicted octanol–water partition coefficient (Wildman–Crippen LogP) is 3.67. The van der Waals surface area contributed by atoms with E-state index in [1.54, 1.807) is 6.07 Å². The number of nitro benzene ring substituents is 1. The van der Waals surface area contributed by atoms with Crippen LogP contribution in [0.15, 0.2) is 17.7 Å². The average molecular weight is 424 g/mol. The number of benzene rings is 1. The fourth-order valence-corrected chi connectivity index (χ4v) is 4.47. The smallest absolute Gasteiger partial charge is 0.274 e. The molecule has 1 aliphatic rings. The van der Waals surface area contributed by atoms with Crippen molar-refractivity contribution in [2.45, 2.75) is 25.7 Å². The summed E-state index contributed by atoms with van der Waals surface area (Å²) >= 11 is 1.31. The molecule has 0 atom stereocenters. The molecule has 0 bridgehead atoms. The van der Waals surface area contributed by atoms with Crippen molar-refractivity contribution in [2.75, 3.05) is 12.4 Å². The van der Waals surface area contributed by atoms with Gasteiger partial charge in [0.2, 0.25) is 0 Å². The summed E-state index contributed by atoms with van der Waals surface area (Å²) in [6.07, 6.45) is 4.64. The highest BCUT2D eigenvalue weighted by Crippen LogP contribution is 2.38. The minimum Gasteiger partial charge on any atom is -0.504 e. The molecule has 0 unspecified atom stereocenters. The second-order valence-electron chi connectivity index (χ2n) is 6.49. The summed E-state index contributed by atoms with van der Waals surface area (Å²) in [5, 5.41) is 43.2. The average Bonchev–Trinajstić information content (AvgIpc) is 3.09. The molecule has 9 nitrogen and oxygen atoms in total. The van der Waals surface area contributed by atoms with E-state index < -0.39 is 16.6 Å². The third-order valence-corrected chi connectivity index (χ3v) is 5.90. The lowest BCUT2D eigenvalue weighted by atomic mass is 9.96. The minimum absolute atomic E-state index is 0.112. The van der Waals surface area contributed by atoms with E-state index in [0.29, 0.717) is 10.6 Å². The van der Waals surface area contributed by atoms with Gasteiger partial charge in [-0.05, 0) is 37.3 Å². The predicted molar refractivity (Wildman–Crippen MR) is 109 cm³/mol. The van der Waals surface area contributed by atoms with Crippen LogP contribution in [-0.4, -0.2) is 23.0 Å². The fraction of sp³-hybridized carbons (Fsp3) is 0.250. The molecule has 1 aromatic carbocycles. The van der Waals surface area contributed by atoms with Crippen LogP contribution in [-0.2, 0) is 17.6 Å². The number of anilines is 1. The van der Waals surface area contributed by atoms with Crippen LogP contribution in [0.3, 0.4) is 0 Å².